The highest BCUT2D eigenvalue weighted by molar-refractivity contribution is 6.39. The van der Waals surface area contributed by atoms with Gasteiger partial charge < -0.3 is 103 Å². The highest BCUT2D eigenvalue weighted by Crippen LogP contribution is 2.39. The first-order valence-electron chi connectivity index (χ1n) is 44.5. The molecule has 4 aromatic heterocycles. The van der Waals surface area contributed by atoms with Crippen LogP contribution in [0.3, 0.4) is 0 Å². The summed E-state index contributed by atoms with van der Waals surface area (Å²) in [7, 11) is 3.04. The van der Waals surface area contributed by atoms with Crippen molar-refractivity contribution in [3.8, 4) is 11.3 Å². The summed E-state index contributed by atoms with van der Waals surface area (Å²) in [6, 6.07) is 4.42. The Labute approximate surface area is 733 Å². The number of carbonyl (C=O) groups is 6. The molecule has 0 radical (unpaired) electrons. The van der Waals surface area contributed by atoms with Crippen molar-refractivity contribution >= 4 is 69.1 Å². The predicted octanol–water partition coefficient (Wildman–Crippen LogP) is 8.62. The van der Waals surface area contributed by atoms with Crippen LogP contribution in [0.25, 0.3) is 33.4 Å². The van der Waals surface area contributed by atoms with Crippen LogP contribution >= 0.6 is 0 Å². The number of fused-ring (bicyclic) bond motifs is 5. The molecule has 7 N–H and O–H groups in total. The van der Waals surface area contributed by atoms with Crippen LogP contribution in [-0.2, 0) is 115 Å². The predicted molar refractivity (Wildman–Crippen MR) is 463 cm³/mol. The van der Waals surface area contributed by atoms with E-state index in [9.17, 15) is 39.0 Å². The zero-order chi connectivity index (χ0) is 89.5. The van der Waals surface area contributed by atoms with Crippen molar-refractivity contribution in [2.45, 2.75) is 219 Å². The number of ketones is 3. The van der Waals surface area contributed by atoms with Crippen molar-refractivity contribution in [1.29, 1.82) is 0 Å². The molecule has 2 saturated heterocycles. The second-order valence-electron chi connectivity index (χ2n) is 33.1. The van der Waals surface area contributed by atoms with Crippen LogP contribution in [0, 0.1) is 35.5 Å². The molecule has 3 fully saturated rings. The number of methoxy groups -OCH3 is 2. The molecule has 125 heavy (non-hydrogen) atoms. The van der Waals surface area contributed by atoms with Crippen LogP contribution in [0.5, 0.6) is 0 Å². The van der Waals surface area contributed by atoms with E-state index in [1.807, 2.05) is 76.4 Å². The fourth-order valence-corrected chi connectivity index (χ4v) is 16.1. The summed E-state index contributed by atoms with van der Waals surface area (Å²) in [4.78, 5) is 98.4. The molecule has 4 aliphatic rings. The second-order valence-corrected chi connectivity index (χ2v) is 33.1. The first-order valence-corrected chi connectivity index (χ1v) is 44.5. The smallest absolute Gasteiger partial charge is 0.329 e. The lowest BCUT2D eigenvalue weighted by atomic mass is 9.78. The molecule has 7 heterocycles. The molecule has 35 nitrogen and oxygen atoms in total. The number of aromatic nitrogens is 8. The second kappa shape index (κ2) is 53.5. The number of allylic oxidation sites excluding steroid dienone is 7. The van der Waals surface area contributed by atoms with Gasteiger partial charge in [-0.3, -0.25) is 24.0 Å². The average Bonchev–Trinajstić information content (AvgIpc) is 1.04. The van der Waals surface area contributed by atoms with Gasteiger partial charge in [-0.15, -0.1) is 5.10 Å². The molecule has 1 aromatic carbocycles. The number of nitrogens with two attached hydrogens (primary N) is 2. The maximum atomic E-state index is 14.7. The molecular formula is C90H136N12O23. The van der Waals surface area contributed by atoms with Crippen LogP contribution in [0.1, 0.15) is 157 Å². The van der Waals surface area contributed by atoms with Crippen molar-refractivity contribution in [1.82, 2.24) is 49.9 Å². The standard InChI is InChI=1S/C90H136N12O23/c1-60-17-11-10-12-18-61(2)51-64(5)81(105)83(112-9)82(106)65(6)52-62(3)73(103)56-76(123-88(109)72-19-13-15-30-101(72)87(108)84(107)90(110)66(7)21-25-70(125-90)24-20-60)63(4)53-67-22-26-75(77(54-67)111-8)122-50-49-121-58-69-57-100(99-97-69)32-34-114-36-38-116-40-42-118-44-46-120-48-47-119-45-43-117-41-39-115-37-35-113-33-28-78(104)93-29-14-16-31-102-86-79(85(91)94-59-95-86)80(98-102)68-23-27-74-71(55-68)96-89(92)124-74/h10-12,17-18,23,27,52,55,57,59,61-64,66-67,70,72,75-77,82-83,106,110H,13-16,19-22,24-26,28-51,53-54,56,58H2,1-9H3,(H2,92,96)(H,93,104)(H2,91,94,95)/b11-10+,18-12+,60-17+,65-52+/t61-,62-,63-,64-,66-,67+,70-,72+,75-,76+,77-,82-,83+,90-/m1/s1. The van der Waals surface area contributed by atoms with Crippen molar-refractivity contribution < 1.29 is 110 Å². The van der Waals surface area contributed by atoms with E-state index in [2.05, 4.69) is 30.6 Å². The van der Waals surface area contributed by atoms with Gasteiger partial charge in [0.2, 0.25) is 11.7 Å². The first-order chi connectivity index (χ1) is 60.4. The average molecular weight is 1750 g/mol. The number of nitrogens with zero attached hydrogens (tertiary/aromatic N) is 9. The van der Waals surface area contributed by atoms with Crippen LogP contribution in [0.4, 0.5) is 11.8 Å². The highest BCUT2D eigenvalue weighted by Gasteiger charge is 2.53. The van der Waals surface area contributed by atoms with Gasteiger partial charge >= 0.3 is 5.97 Å². The molecule has 3 aliphatic heterocycles. The molecule has 0 unspecified atom stereocenters. The number of carbonyl (C=O) groups excluding carboxylic acids is 6. The fraction of sp³-hybridized carbons (Fsp3) is 0.689. The summed E-state index contributed by atoms with van der Waals surface area (Å²) >= 11 is 0. The molecule has 9 rings (SSSR count). The molecule has 14 atom stereocenters. The molecule has 694 valence electrons. The third-order valence-electron chi connectivity index (χ3n) is 23.4. The zero-order valence-corrected chi connectivity index (χ0v) is 74.6. The molecule has 1 saturated carbocycles. The number of rotatable bonds is 44. The number of amides is 2. The van der Waals surface area contributed by atoms with Crippen molar-refractivity contribution in [3.05, 3.63) is 84.0 Å². The van der Waals surface area contributed by atoms with Crippen LogP contribution < -0.4 is 16.8 Å². The van der Waals surface area contributed by atoms with Crippen molar-refractivity contribution in [2.24, 2.45) is 35.5 Å². The molecule has 35 heteroatoms. The third-order valence-corrected chi connectivity index (χ3v) is 23.4. The van der Waals surface area contributed by atoms with Gasteiger partial charge in [0.25, 0.3) is 17.7 Å². The van der Waals surface area contributed by atoms with Gasteiger partial charge in [0.05, 0.1) is 162 Å². The monoisotopic (exact) mass is 1750 g/mol. The lowest BCUT2D eigenvalue weighted by Gasteiger charge is -2.42. The van der Waals surface area contributed by atoms with Crippen LogP contribution in [0.15, 0.2) is 82.7 Å². The number of ether oxygens (including phenoxy) is 14. The summed E-state index contributed by atoms with van der Waals surface area (Å²) in [6.45, 7) is 21.8. The molecular weight excluding hydrogens is 1620 g/mol. The molecule has 2 bridgehead atoms. The maximum absolute atomic E-state index is 14.7. The fourth-order valence-electron chi connectivity index (χ4n) is 16.1. The van der Waals surface area contributed by atoms with E-state index < -0.39 is 71.7 Å². The van der Waals surface area contributed by atoms with Gasteiger partial charge in [-0.2, -0.15) is 10.1 Å². The summed E-state index contributed by atoms with van der Waals surface area (Å²) in [5.41, 5.74) is 17.3. The van der Waals surface area contributed by atoms with Gasteiger partial charge in [-0.25, -0.2) is 24.1 Å². The lowest BCUT2D eigenvalue weighted by Crippen LogP contribution is -2.60. The summed E-state index contributed by atoms with van der Waals surface area (Å²) < 4.78 is 90.4. The summed E-state index contributed by atoms with van der Waals surface area (Å²) in [6.07, 6.45) is 18.3. The number of anilines is 2. The van der Waals surface area contributed by atoms with E-state index in [0.29, 0.717) is 241 Å². The number of oxazole rings is 1. The zero-order valence-electron chi connectivity index (χ0n) is 74.6. The number of hydrogen-bond acceptors (Lipinski definition) is 31. The first kappa shape index (κ1) is 101. The maximum Gasteiger partial charge on any atom is 0.329 e. The van der Waals surface area contributed by atoms with Gasteiger partial charge in [-0.1, -0.05) is 81.9 Å². The number of aryl methyl sites for hydroxylation is 1. The Balaban J connectivity index is 0.578. The van der Waals surface area contributed by atoms with E-state index in [4.69, 9.17) is 87.3 Å². The summed E-state index contributed by atoms with van der Waals surface area (Å²) in [5.74, 6) is -7.76. The number of benzene rings is 1. The van der Waals surface area contributed by atoms with E-state index >= 15 is 0 Å². The number of nitrogens with one attached hydrogen (secondary N) is 1. The number of piperidine rings is 1. The Morgan fingerprint density at radius 3 is 2.10 bits per heavy atom. The largest absolute Gasteiger partial charge is 0.460 e. The Hall–Kier alpha value is -8.24. The Bertz CT molecular complexity index is 4260. The van der Waals surface area contributed by atoms with Gasteiger partial charge in [0.15, 0.2) is 17.0 Å². The van der Waals surface area contributed by atoms with E-state index in [1.54, 1.807) is 49.4 Å². The summed E-state index contributed by atoms with van der Waals surface area (Å²) in [5, 5.41) is 40.5. The number of cyclic esters (lactones) is 1. The van der Waals surface area contributed by atoms with Gasteiger partial charge in [-0.05, 0) is 145 Å². The lowest BCUT2D eigenvalue weighted by molar-refractivity contribution is -0.263. The van der Waals surface area contributed by atoms with Crippen molar-refractivity contribution in [3.63, 3.8) is 0 Å². The normalized spacial score (nSPS) is 26.2. The van der Waals surface area contributed by atoms with Crippen molar-refractivity contribution in [2.75, 3.05) is 158 Å². The Morgan fingerprint density at radius 1 is 0.736 bits per heavy atom. The number of nitrogen functional groups attached to an aromatic ring is 2. The number of esters is 1. The van der Waals surface area contributed by atoms with Crippen LogP contribution in [-0.4, -0.2) is 285 Å². The molecule has 5 aromatic rings. The minimum Gasteiger partial charge on any atom is -0.460 e. The molecule has 2 amide bonds. The van der Waals surface area contributed by atoms with E-state index in [0.717, 1.165) is 30.4 Å². The quantitative estimate of drug-likeness (QED) is 0.0105. The van der Waals surface area contributed by atoms with Crippen LogP contribution in [0.2, 0.25) is 0 Å². The molecule has 0 spiro atoms. The SMILES string of the molecule is CO[C@@H]1C[C@H](C[C@@H](C)[C@@H]2CC(=O)[C@H](C)/C=C(\C)[C@@H](O)[C@@H](OC)C(=O)[C@H](C)C[C@H](C)/C=C/C=C/C=C(\C)CC[C@@H]3CC[C@@H](C)[C@@](O)(O3)C(=O)C(=O)N3CCCC[C@H]3C(=O)O2)CC[C@H]1OCCOCc1cn(CCOCCOCCOCCOCCOCCOCCOCCOCCC(=O)NCCCCn2nc(-c3ccc4oc(N)nc4c3)c3c(N)ncnc32)nn1. The highest BCUT2D eigenvalue weighted by atomic mass is 16.6. The van der Waals surface area contributed by atoms with E-state index in [-0.39, 0.29) is 92.5 Å². The number of Topliss-reactive ketones (excluding diaryl/α,β-unsaturated/α-hetero) is 3. The topological polar surface area (TPSA) is 440 Å². The third kappa shape index (κ3) is 32.2. The van der Waals surface area contributed by atoms with E-state index in [1.165, 1.54) is 18.3 Å². The van der Waals surface area contributed by atoms with Gasteiger partial charge in [0.1, 0.15) is 59.2 Å². The number of hydrogen-bond donors (Lipinski definition) is 5. The Morgan fingerprint density at radius 2 is 1.42 bits per heavy atom. The minimum atomic E-state index is -2.40. The number of unbranched alkanes of at least 4 members (excludes halogenated alkanes) is 1. The number of aliphatic hydroxyl groups is 2. The number of aliphatic hydroxyl groups excluding tert-OH is 1. The minimum absolute atomic E-state index is 0.0216. The molecule has 1 aliphatic carbocycles. The Kier molecular flexibility index (Phi) is 43.0. The van der Waals surface area contributed by atoms with Gasteiger partial charge in [0, 0.05) is 70.0 Å².